The van der Waals surface area contributed by atoms with Gasteiger partial charge < -0.3 is 9.80 Å². The highest BCUT2D eigenvalue weighted by atomic mass is 19.2. The van der Waals surface area contributed by atoms with Crippen LogP contribution in [-0.4, -0.2) is 44.1 Å². The lowest BCUT2D eigenvalue weighted by molar-refractivity contribution is 0.394. The largest absolute Gasteiger partial charge is 0.370 e. The summed E-state index contributed by atoms with van der Waals surface area (Å²) in [4.78, 5) is 5.54. The Kier molecular flexibility index (Phi) is 4.89. The van der Waals surface area contributed by atoms with E-state index >= 15 is 0 Å². The van der Waals surface area contributed by atoms with E-state index in [0.29, 0.717) is 13.0 Å². The monoisotopic (exact) mass is 265 g/mol. The molecule has 18 heavy (non-hydrogen) atoms. The standard InChI is InChI=1S/C11H15F4N3/c1-17(2)5-4-6-18(3)9-7(12)10(14)16-11(15)8(9)13/h4-6H2,1-3H3. The highest BCUT2D eigenvalue weighted by molar-refractivity contribution is 5.47. The Labute approximate surface area is 103 Å². The topological polar surface area (TPSA) is 19.4 Å². The molecule has 0 saturated heterocycles. The van der Waals surface area contributed by atoms with Crippen LogP contribution in [0.3, 0.4) is 0 Å². The smallest absolute Gasteiger partial charge is 0.253 e. The van der Waals surface area contributed by atoms with E-state index in [1.54, 1.807) is 0 Å². The summed E-state index contributed by atoms with van der Waals surface area (Å²) in [6.45, 7) is 0.971. The van der Waals surface area contributed by atoms with E-state index in [9.17, 15) is 17.6 Å². The van der Waals surface area contributed by atoms with Crippen molar-refractivity contribution in [2.24, 2.45) is 0 Å². The van der Waals surface area contributed by atoms with Gasteiger partial charge in [0.2, 0.25) is 11.6 Å². The number of anilines is 1. The van der Waals surface area contributed by atoms with Gasteiger partial charge in [0.25, 0.3) is 11.9 Å². The molecular weight excluding hydrogens is 250 g/mol. The van der Waals surface area contributed by atoms with Gasteiger partial charge in [-0.3, -0.25) is 0 Å². The molecule has 0 saturated carbocycles. The van der Waals surface area contributed by atoms with Gasteiger partial charge >= 0.3 is 0 Å². The number of hydrogen-bond donors (Lipinski definition) is 0. The van der Waals surface area contributed by atoms with Crippen LogP contribution < -0.4 is 4.90 Å². The molecule has 102 valence electrons. The van der Waals surface area contributed by atoms with Gasteiger partial charge in [0.1, 0.15) is 5.69 Å². The van der Waals surface area contributed by atoms with Crippen molar-refractivity contribution in [3.8, 4) is 0 Å². The van der Waals surface area contributed by atoms with Crippen LogP contribution in [0.15, 0.2) is 0 Å². The van der Waals surface area contributed by atoms with E-state index in [-0.39, 0.29) is 6.54 Å². The first-order valence-electron chi connectivity index (χ1n) is 5.40. The van der Waals surface area contributed by atoms with Crippen molar-refractivity contribution in [1.29, 1.82) is 0 Å². The van der Waals surface area contributed by atoms with Gasteiger partial charge in [-0.05, 0) is 27.1 Å². The highest BCUT2D eigenvalue weighted by Gasteiger charge is 2.23. The second kappa shape index (κ2) is 5.99. The molecule has 0 fully saturated rings. The van der Waals surface area contributed by atoms with Crippen LogP contribution in [-0.2, 0) is 0 Å². The summed E-state index contributed by atoms with van der Waals surface area (Å²) in [5.74, 6) is -6.21. The summed E-state index contributed by atoms with van der Waals surface area (Å²) < 4.78 is 52.6. The van der Waals surface area contributed by atoms with Gasteiger partial charge in [-0.2, -0.15) is 22.5 Å². The number of nitrogens with zero attached hydrogens (tertiary/aromatic N) is 3. The fraction of sp³-hybridized carbons (Fsp3) is 0.545. The van der Waals surface area contributed by atoms with Crippen LogP contribution in [0.25, 0.3) is 0 Å². The maximum Gasteiger partial charge on any atom is 0.253 e. The minimum absolute atomic E-state index is 0.273. The molecule has 0 N–H and O–H groups in total. The average Bonchev–Trinajstić information content (AvgIpc) is 2.26. The van der Waals surface area contributed by atoms with Crippen molar-refractivity contribution in [3.05, 3.63) is 23.5 Å². The van der Waals surface area contributed by atoms with E-state index < -0.39 is 29.2 Å². The van der Waals surface area contributed by atoms with Crippen LogP contribution in [0.5, 0.6) is 0 Å². The molecular formula is C11H15F4N3. The zero-order valence-electron chi connectivity index (χ0n) is 10.5. The third kappa shape index (κ3) is 3.32. The molecule has 0 atom stereocenters. The molecule has 0 aromatic carbocycles. The Morgan fingerprint density at radius 2 is 1.39 bits per heavy atom. The molecule has 0 aliphatic heterocycles. The molecule has 0 aliphatic carbocycles. The predicted molar refractivity (Wildman–Crippen MR) is 60.5 cm³/mol. The normalized spacial score (nSPS) is 11.1. The first kappa shape index (κ1) is 14.7. The van der Waals surface area contributed by atoms with Gasteiger partial charge in [-0.25, -0.2) is 0 Å². The van der Waals surface area contributed by atoms with Crippen molar-refractivity contribution in [3.63, 3.8) is 0 Å². The van der Waals surface area contributed by atoms with Crippen molar-refractivity contribution < 1.29 is 17.6 Å². The molecule has 0 radical (unpaired) electrons. The van der Waals surface area contributed by atoms with Crippen molar-refractivity contribution >= 4 is 5.69 Å². The molecule has 0 aliphatic rings. The summed E-state index contributed by atoms with van der Waals surface area (Å²) in [5.41, 5.74) is -0.723. The quantitative estimate of drug-likeness (QED) is 0.600. The van der Waals surface area contributed by atoms with Crippen LogP contribution in [0.1, 0.15) is 6.42 Å². The van der Waals surface area contributed by atoms with E-state index in [1.165, 1.54) is 7.05 Å². The Balaban J connectivity index is 2.88. The van der Waals surface area contributed by atoms with E-state index in [4.69, 9.17) is 0 Å². The lowest BCUT2D eigenvalue weighted by atomic mass is 10.3. The Bertz CT molecular complexity index is 397. The van der Waals surface area contributed by atoms with Crippen molar-refractivity contribution in [2.45, 2.75) is 6.42 Å². The number of pyridine rings is 1. The number of hydrogen-bond acceptors (Lipinski definition) is 3. The van der Waals surface area contributed by atoms with E-state index in [0.717, 1.165) is 4.90 Å². The van der Waals surface area contributed by atoms with Gasteiger partial charge in [0.15, 0.2) is 0 Å². The molecule has 3 nitrogen and oxygen atoms in total. The lowest BCUT2D eigenvalue weighted by Gasteiger charge is -2.21. The molecule has 0 unspecified atom stereocenters. The minimum Gasteiger partial charge on any atom is -0.370 e. The first-order chi connectivity index (χ1) is 8.34. The summed E-state index contributed by atoms with van der Waals surface area (Å²) in [7, 11) is 5.08. The van der Waals surface area contributed by atoms with Crippen molar-refractivity contribution in [2.75, 3.05) is 39.1 Å². The molecule has 1 rings (SSSR count). The summed E-state index contributed by atoms with van der Waals surface area (Å²) >= 11 is 0. The van der Waals surface area contributed by atoms with E-state index in [1.807, 2.05) is 19.0 Å². The SMILES string of the molecule is CN(C)CCCN(C)c1c(F)c(F)nc(F)c1F. The first-order valence-corrected chi connectivity index (χ1v) is 5.40. The Morgan fingerprint density at radius 3 is 1.83 bits per heavy atom. The fourth-order valence-corrected chi connectivity index (χ4v) is 1.55. The number of halogens is 4. The maximum atomic E-state index is 13.4. The third-order valence-electron chi connectivity index (χ3n) is 2.45. The molecule has 1 aromatic heterocycles. The molecule has 0 spiro atoms. The number of aromatic nitrogens is 1. The van der Waals surface area contributed by atoms with Crippen LogP contribution >= 0.6 is 0 Å². The fourth-order valence-electron chi connectivity index (χ4n) is 1.55. The van der Waals surface area contributed by atoms with Gasteiger partial charge in [0, 0.05) is 13.6 Å². The maximum absolute atomic E-state index is 13.4. The van der Waals surface area contributed by atoms with Crippen LogP contribution in [0, 0.1) is 23.5 Å². The second-order valence-corrected chi connectivity index (χ2v) is 4.25. The summed E-state index contributed by atoms with van der Waals surface area (Å²) in [6, 6.07) is 0. The minimum atomic E-state index is -1.64. The summed E-state index contributed by atoms with van der Waals surface area (Å²) in [6.07, 6.45) is 0.605. The van der Waals surface area contributed by atoms with Crippen LogP contribution in [0.4, 0.5) is 23.2 Å². The Morgan fingerprint density at radius 1 is 0.889 bits per heavy atom. The molecule has 1 aromatic rings. The van der Waals surface area contributed by atoms with Crippen LogP contribution in [0.2, 0.25) is 0 Å². The molecule has 7 heteroatoms. The van der Waals surface area contributed by atoms with Gasteiger partial charge in [0.05, 0.1) is 0 Å². The number of rotatable bonds is 5. The zero-order chi connectivity index (χ0) is 13.9. The third-order valence-corrected chi connectivity index (χ3v) is 2.45. The van der Waals surface area contributed by atoms with Gasteiger partial charge in [-0.15, -0.1) is 0 Å². The Hall–Kier alpha value is -1.37. The van der Waals surface area contributed by atoms with Gasteiger partial charge in [-0.1, -0.05) is 0 Å². The molecule has 1 heterocycles. The lowest BCUT2D eigenvalue weighted by Crippen LogP contribution is -2.26. The zero-order valence-corrected chi connectivity index (χ0v) is 10.5. The molecule has 0 amide bonds. The summed E-state index contributed by atoms with van der Waals surface area (Å²) in [5, 5.41) is 0. The van der Waals surface area contributed by atoms with Crippen molar-refractivity contribution in [1.82, 2.24) is 9.88 Å². The second-order valence-electron chi connectivity index (χ2n) is 4.25. The molecule has 0 bridgehead atoms. The highest BCUT2D eigenvalue weighted by Crippen LogP contribution is 2.25. The predicted octanol–water partition coefficient (Wildman–Crippen LogP) is 2.03. The van der Waals surface area contributed by atoms with E-state index in [2.05, 4.69) is 4.98 Å². The average molecular weight is 265 g/mol.